The van der Waals surface area contributed by atoms with Crippen molar-refractivity contribution in [3.63, 3.8) is 0 Å². The molecule has 0 aromatic heterocycles. The van der Waals surface area contributed by atoms with E-state index in [1.165, 1.54) is 0 Å². The Bertz CT molecular complexity index is 802. The Morgan fingerprint density at radius 2 is 1.78 bits per heavy atom. The van der Waals surface area contributed by atoms with Gasteiger partial charge >= 0.3 is 5.97 Å². The highest BCUT2D eigenvalue weighted by atomic mass is 16.5. The lowest BCUT2D eigenvalue weighted by molar-refractivity contribution is -0.138. The zero-order chi connectivity index (χ0) is 19.4. The lowest BCUT2D eigenvalue weighted by atomic mass is 10.0. The Kier molecular flexibility index (Phi) is 5.76. The number of carboxylic acids is 1. The van der Waals surface area contributed by atoms with E-state index in [9.17, 15) is 4.79 Å². The zero-order valence-electron chi connectivity index (χ0n) is 15.4. The molecule has 1 heterocycles. The van der Waals surface area contributed by atoms with Crippen LogP contribution in [-0.4, -0.2) is 48.1 Å². The number of nitrogen functional groups attached to an aromatic ring is 1. The first-order valence-corrected chi connectivity index (χ1v) is 9.02. The van der Waals surface area contributed by atoms with Gasteiger partial charge in [-0.3, -0.25) is 15.1 Å². The van der Waals surface area contributed by atoms with Crippen LogP contribution in [0.5, 0.6) is 5.75 Å². The van der Waals surface area contributed by atoms with Gasteiger partial charge in [-0.1, -0.05) is 36.4 Å². The molecule has 0 radical (unpaired) electrons. The highest BCUT2D eigenvalue weighted by molar-refractivity contribution is 5.95. The first kappa shape index (κ1) is 18.9. The molecule has 0 unspecified atom stereocenters. The minimum atomic E-state index is -0.734. The summed E-state index contributed by atoms with van der Waals surface area (Å²) in [6, 6.07) is 15.7. The average molecular weight is 367 g/mol. The van der Waals surface area contributed by atoms with E-state index in [0.29, 0.717) is 12.2 Å². The lowest BCUT2D eigenvalue weighted by Crippen LogP contribution is -2.30. The summed E-state index contributed by atoms with van der Waals surface area (Å²) < 4.78 is 5.92. The number of nitrogens with one attached hydrogen (secondary N) is 1. The molecule has 2 aromatic carbocycles. The molecule has 0 amide bonds. The molecule has 6 heteroatoms. The molecule has 3 rings (SSSR count). The summed E-state index contributed by atoms with van der Waals surface area (Å²) >= 11 is 0. The molecular formula is C21H25N3O3. The number of amidine groups is 1. The van der Waals surface area contributed by atoms with Gasteiger partial charge in [0.15, 0.2) is 0 Å². The van der Waals surface area contributed by atoms with E-state index in [1.54, 1.807) is 0 Å². The minimum Gasteiger partial charge on any atom is -0.492 e. The standard InChI is InChI=1S/C21H25N3O3/c1-24-12-14(11-20(25)26)10-18(24)13-27-19-8-6-16(7-9-19)15-2-4-17(5-3-15)21(22)23/h2-9,14,18H,10-13H2,1H3,(H3,22,23)(H,25,26)/t14-,18-/m0/s1. The van der Waals surface area contributed by atoms with Gasteiger partial charge in [-0.25, -0.2) is 0 Å². The highest BCUT2D eigenvalue weighted by Gasteiger charge is 2.31. The van der Waals surface area contributed by atoms with Gasteiger partial charge in [0.05, 0.1) is 0 Å². The number of benzene rings is 2. The second kappa shape index (κ2) is 8.22. The molecule has 6 nitrogen and oxygen atoms in total. The maximum absolute atomic E-state index is 10.9. The molecule has 1 aliphatic heterocycles. The Morgan fingerprint density at radius 3 is 2.33 bits per heavy atom. The normalized spacial score (nSPS) is 19.7. The molecule has 0 aliphatic carbocycles. The van der Waals surface area contributed by atoms with Gasteiger partial charge in [-0.15, -0.1) is 0 Å². The van der Waals surface area contributed by atoms with E-state index in [0.717, 1.165) is 29.8 Å². The second-order valence-electron chi connectivity index (χ2n) is 7.12. The predicted molar refractivity (Wildman–Crippen MR) is 105 cm³/mol. The van der Waals surface area contributed by atoms with Crippen molar-refractivity contribution in [3.8, 4) is 16.9 Å². The van der Waals surface area contributed by atoms with Crippen molar-refractivity contribution in [1.29, 1.82) is 5.41 Å². The third-order valence-electron chi connectivity index (χ3n) is 5.06. The van der Waals surface area contributed by atoms with Crippen LogP contribution in [0.2, 0.25) is 0 Å². The molecule has 1 aliphatic rings. The molecule has 1 fully saturated rings. The number of aliphatic carboxylic acids is 1. The van der Waals surface area contributed by atoms with E-state index >= 15 is 0 Å². The van der Waals surface area contributed by atoms with Crippen molar-refractivity contribution in [1.82, 2.24) is 4.90 Å². The van der Waals surface area contributed by atoms with Crippen LogP contribution < -0.4 is 10.5 Å². The number of nitrogens with zero attached hydrogens (tertiary/aromatic N) is 1. The van der Waals surface area contributed by atoms with E-state index in [-0.39, 0.29) is 24.2 Å². The first-order chi connectivity index (χ1) is 12.9. The van der Waals surface area contributed by atoms with Gasteiger partial charge in [0.25, 0.3) is 0 Å². The Hall–Kier alpha value is -2.86. The summed E-state index contributed by atoms with van der Waals surface area (Å²) in [6.45, 7) is 1.36. The number of hydrogen-bond acceptors (Lipinski definition) is 4. The number of likely N-dealkylation sites (N-methyl/N-ethyl adjacent to an activating group) is 1. The van der Waals surface area contributed by atoms with Crippen LogP contribution in [0.1, 0.15) is 18.4 Å². The van der Waals surface area contributed by atoms with Crippen LogP contribution >= 0.6 is 0 Å². The van der Waals surface area contributed by atoms with Crippen LogP contribution in [0.25, 0.3) is 11.1 Å². The Balaban J connectivity index is 1.56. The number of carbonyl (C=O) groups is 1. The van der Waals surface area contributed by atoms with Crippen LogP contribution in [0.15, 0.2) is 48.5 Å². The van der Waals surface area contributed by atoms with Crippen LogP contribution in [-0.2, 0) is 4.79 Å². The number of rotatable bonds is 7. The predicted octanol–water partition coefficient (Wildman–Crippen LogP) is 2.81. The van der Waals surface area contributed by atoms with E-state index < -0.39 is 5.97 Å². The zero-order valence-corrected chi connectivity index (χ0v) is 15.4. The number of likely N-dealkylation sites (tertiary alicyclic amines) is 1. The summed E-state index contributed by atoms with van der Waals surface area (Å²) in [5, 5.41) is 16.4. The summed E-state index contributed by atoms with van der Waals surface area (Å²) in [6.07, 6.45) is 1.07. The SMILES string of the molecule is CN1C[C@H](CC(=O)O)C[C@H]1COc1ccc(-c2ccc(C(=N)N)cc2)cc1. The van der Waals surface area contributed by atoms with Gasteiger partial charge in [-0.05, 0) is 42.6 Å². The first-order valence-electron chi connectivity index (χ1n) is 9.02. The molecule has 2 aromatic rings. The number of carboxylic acid groups (broad SMARTS) is 1. The topological polar surface area (TPSA) is 99.6 Å². The minimum absolute atomic E-state index is 0.0628. The van der Waals surface area contributed by atoms with Crippen molar-refractivity contribution in [2.45, 2.75) is 18.9 Å². The summed E-state index contributed by atoms with van der Waals surface area (Å²) in [7, 11) is 2.02. The van der Waals surface area contributed by atoms with Crippen molar-refractivity contribution >= 4 is 11.8 Å². The van der Waals surface area contributed by atoms with Crippen molar-refractivity contribution in [2.24, 2.45) is 11.7 Å². The molecule has 1 saturated heterocycles. The molecule has 142 valence electrons. The van der Waals surface area contributed by atoms with E-state index in [4.69, 9.17) is 21.0 Å². The molecule has 27 heavy (non-hydrogen) atoms. The van der Waals surface area contributed by atoms with Gasteiger partial charge in [0, 0.05) is 24.6 Å². The van der Waals surface area contributed by atoms with Crippen molar-refractivity contribution in [2.75, 3.05) is 20.2 Å². The number of hydrogen-bond donors (Lipinski definition) is 3. The van der Waals surface area contributed by atoms with Crippen molar-refractivity contribution < 1.29 is 14.6 Å². The fourth-order valence-electron chi connectivity index (χ4n) is 3.56. The third-order valence-corrected chi connectivity index (χ3v) is 5.06. The summed E-state index contributed by atoms with van der Waals surface area (Å²) in [5.41, 5.74) is 8.31. The van der Waals surface area contributed by atoms with Crippen LogP contribution in [0, 0.1) is 11.3 Å². The molecule has 0 bridgehead atoms. The van der Waals surface area contributed by atoms with Gasteiger partial charge in [0.2, 0.25) is 0 Å². The van der Waals surface area contributed by atoms with Gasteiger partial charge in [0.1, 0.15) is 18.2 Å². The van der Waals surface area contributed by atoms with Crippen LogP contribution in [0.3, 0.4) is 0 Å². The fourth-order valence-corrected chi connectivity index (χ4v) is 3.56. The van der Waals surface area contributed by atoms with Crippen molar-refractivity contribution in [3.05, 3.63) is 54.1 Å². The maximum Gasteiger partial charge on any atom is 0.303 e. The summed E-state index contributed by atoms with van der Waals surface area (Å²) in [4.78, 5) is 13.1. The fraction of sp³-hybridized carbons (Fsp3) is 0.333. The average Bonchev–Trinajstić information content (AvgIpc) is 2.99. The second-order valence-corrected chi connectivity index (χ2v) is 7.12. The quantitative estimate of drug-likeness (QED) is 0.516. The number of ether oxygens (including phenoxy) is 1. The lowest BCUT2D eigenvalue weighted by Gasteiger charge is -2.19. The Labute approximate surface area is 159 Å². The van der Waals surface area contributed by atoms with Gasteiger partial charge in [-0.2, -0.15) is 0 Å². The maximum atomic E-state index is 10.9. The van der Waals surface area contributed by atoms with E-state index in [2.05, 4.69) is 4.90 Å². The molecule has 0 spiro atoms. The van der Waals surface area contributed by atoms with Crippen LogP contribution in [0.4, 0.5) is 0 Å². The molecule has 0 saturated carbocycles. The molecule has 2 atom stereocenters. The van der Waals surface area contributed by atoms with Gasteiger partial charge < -0.3 is 15.6 Å². The smallest absolute Gasteiger partial charge is 0.303 e. The Morgan fingerprint density at radius 1 is 1.19 bits per heavy atom. The summed E-state index contributed by atoms with van der Waals surface area (Å²) in [5.74, 6) is 0.324. The molecular weight excluding hydrogens is 342 g/mol. The molecule has 4 N–H and O–H groups in total. The number of nitrogens with two attached hydrogens (primary N) is 1. The van der Waals surface area contributed by atoms with E-state index in [1.807, 2.05) is 55.6 Å². The largest absolute Gasteiger partial charge is 0.492 e. The highest BCUT2D eigenvalue weighted by Crippen LogP contribution is 2.26. The third kappa shape index (κ3) is 4.86. The monoisotopic (exact) mass is 367 g/mol.